The van der Waals surface area contributed by atoms with Gasteiger partial charge in [0.15, 0.2) is 11.5 Å². The second-order valence-electron chi connectivity index (χ2n) is 7.24. The molecule has 1 aliphatic heterocycles. The lowest BCUT2D eigenvalue weighted by Gasteiger charge is -2.32. The van der Waals surface area contributed by atoms with Gasteiger partial charge < -0.3 is 19.4 Å². The lowest BCUT2D eigenvalue weighted by atomic mass is 10.1. The van der Waals surface area contributed by atoms with Crippen molar-refractivity contribution in [2.24, 2.45) is 5.92 Å². The molecular weight excluding hydrogens is 316 g/mol. The molecule has 0 saturated carbocycles. The van der Waals surface area contributed by atoms with Crippen LogP contribution in [0, 0.1) is 5.92 Å². The van der Waals surface area contributed by atoms with Gasteiger partial charge >= 0.3 is 0 Å². The van der Waals surface area contributed by atoms with E-state index in [0.717, 1.165) is 43.0 Å². The summed E-state index contributed by atoms with van der Waals surface area (Å²) in [7, 11) is 1.61. The molecule has 2 aromatic rings. The summed E-state index contributed by atoms with van der Waals surface area (Å²) < 4.78 is 11.7. The van der Waals surface area contributed by atoms with Crippen LogP contribution in [-0.4, -0.2) is 42.7 Å². The summed E-state index contributed by atoms with van der Waals surface area (Å²) in [5.74, 6) is 2.09. The molecule has 1 fully saturated rings. The number of nitrogens with zero attached hydrogens (tertiary/aromatic N) is 1. The van der Waals surface area contributed by atoms with Crippen LogP contribution in [-0.2, 0) is 0 Å². The lowest BCUT2D eigenvalue weighted by molar-refractivity contribution is 0.0956. The zero-order valence-corrected chi connectivity index (χ0v) is 15.4. The number of pyridine rings is 1. The molecular formula is C20H28N2O3. The SMILES string of the molecule is COc1cc2c(=O)[nH]ccc2cc1OC1CCN(CCC(C)C)CC1. The number of hydrogen-bond donors (Lipinski definition) is 1. The van der Waals surface area contributed by atoms with Gasteiger partial charge in [0.2, 0.25) is 0 Å². The van der Waals surface area contributed by atoms with Gasteiger partial charge in [-0.1, -0.05) is 13.8 Å². The van der Waals surface area contributed by atoms with E-state index in [1.165, 1.54) is 13.0 Å². The smallest absolute Gasteiger partial charge is 0.255 e. The summed E-state index contributed by atoms with van der Waals surface area (Å²) in [4.78, 5) is 17.2. The van der Waals surface area contributed by atoms with Gasteiger partial charge in [0, 0.05) is 19.3 Å². The summed E-state index contributed by atoms with van der Waals surface area (Å²) in [6.07, 6.45) is 5.15. The second-order valence-corrected chi connectivity index (χ2v) is 7.24. The number of likely N-dealkylation sites (tertiary alicyclic amines) is 1. The van der Waals surface area contributed by atoms with Gasteiger partial charge in [0.05, 0.1) is 12.5 Å². The maximum Gasteiger partial charge on any atom is 0.255 e. The molecule has 1 aromatic heterocycles. The fourth-order valence-corrected chi connectivity index (χ4v) is 3.32. The Kier molecular flexibility index (Phi) is 5.63. The molecule has 0 aliphatic carbocycles. The maximum atomic E-state index is 11.9. The van der Waals surface area contributed by atoms with Crippen LogP contribution in [0.25, 0.3) is 10.8 Å². The predicted molar refractivity (Wildman–Crippen MR) is 101 cm³/mol. The van der Waals surface area contributed by atoms with Crippen molar-refractivity contribution in [3.63, 3.8) is 0 Å². The normalized spacial score (nSPS) is 16.5. The fourth-order valence-electron chi connectivity index (χ4n) is 3.32. The highest BCUT2D eigenvalue weighted by atomic mass is 16.5. The van der Waals surface area contributed by atoms with E-state index in [0.29, 0.717) is 11.1 Å². The minimum atomic E-state index is -0.110. The largest absolute Gasteiger partial charge is 0.493 e. The Labute approximate surface area is 148 Å². The summed E-state index contributed by atoms with van der Waals surface area (Å²) >= 11 is 0. The van der Waals surface area contributed by atoms with Crippen LogP contribution in [0.5, 0.6) is 11.5 Å². The van der Waals surface area contributed by atoms with E-state index < -0.39 is 0 Å². The average molecular weight is 344 g/mol. The van der Waals surface area contributed by atoms with E-state index in [4.69, 9.17) is 9.47 Å². The molecule has 136 valence electrons. The van der Waals surface area contributed by atoms with Gasteiger partial charge in [0.1, 0.15) is 6.10 Å². The first-order chi connectivity index (χ1) is 12.1. The van der Waals surface area contributed by atoms with E-state index in [1.807, 2.05) is 12.1 Å². The monoisotopic (exact) mass is 344 g/mol. The summed E-state index contributed by atoms with van der Waals surface area (Å²) in [5, 5.41) is 1.49. The van der Waals surface area contributed by atoms with E-state index in [1.54, 1.807) is 19.4 Å². The van der Waals surface area contributed by atoms with Gasteiger partial charge in [-0.05, 0) is 55.3 Å². The van der Waals surface area contributed by atoms with Gasteiger partial charge in [-0.25, -0.2) is 0 Å². The van der Waals surface area contributed by atoms with Crippen LogP contribution < -0.4 is 15.0 Å². The molecule has 5 heteroatoms. The molecule has 0 radical (unpaired) electrons. The van der Waals surface area contributed by atoms with Crippen molar-refractivity contribution in [2.45, 2.75) is 39.2 Å². The summed E-state index contributed by atoms with van der Waals surface area (Å²) in [5.41, 5.74) is -0.110. The fraction of sp³-hybridized carbons (Fsp3) is 0.550. The quantitative estimate of drug-likeness (QED) is 0.872. The standard InChI is InChI=1S/C20H28N2O3/c1-14(2)5-9-22-10-6-16(7-11-22)25-19-12-15-4-8-21-20(23)17(15)13-18(19)24-3/h4,8,12-14,16H,5-7,9-11H2,1-3H3,(H,21,23). The number of aromatic nitrogens is 1. The van der Waals surface area contributed by atoms with E-state index in [2.05, 4.69) is 23.7 Å². The van der Waals surface area contributed by atoms with E-state index >= 15 is 0 Å². The van der Waals surface area contributed by atoms with Crippen molar-refractivity contribution in [3.8, 4) is 11.5 Å². The van der Waals surface area contributed by atoms with Gasteiger partial charge in [-0.15, -0.1) is 0 Å². The number of fused-ring (bicyclic) bond motifs is 1. The first-order valence-electron chi connectivity index (χ1n) is 9.15. The molecule has 0 spiro atoms. The minimum Gasteiger partial charge on any atom is -0.493 e. The Balaban J connectivity index is 1.68. The molecule has 3 rings (SSSR count). The molecule has 0 atom stereocenters. The highest BCUT2D eigenvalue weighted by molar-refractivity contribution is 5.85. The number of methoxy groups -OCH3 is 1. The van der Waals surface area contributed by atoms with Crippen LogP contribution in [0.3, 0.4) is 0 Å². The highest BCUT2D eigenvalue weighted by Gasteiger charge is 2.22. The molecule has 1 saturated heterocycles. The first kappa shape index (κ1) is 17.8. The number of benzene rings is 1. The first-order valence-corrected chi connectivity index (χ1v) is 9.15. The number of nitrogens with one attached hydrogen (secondary N) is 1. The predicted octanol–water partition coefficient (Wildman–Crippen LogP) is 3.43. The Morgan fingerprint density at radius 1 is 1.24 bits per heavy atom. The minimum absolute atomic E-state index is 0.110. The van der Waals surface area contributed by atoms with Crippen molar-refractivity contribution in [3.05, 3.63) is 34.7 Å². The lowest BCUT2D eigenvalue weighted by Crippen LogP contribution is -2.39. The zero-order valence-electron chi connectivity index (χ0n) is 15.4. The number of piperidine rings is 1. The molecule has 0 amide bonds. The summed E-state index contributed by atoms with van der Waals surface area (Å²) in [6, 6.07) is 5.56. The van der Waals surface area contributed by atoms with Gasteiger partial charge in [-0.2, -0.15) is 0 Å². The van der Waals surface area contributed by atoms with E-state index in [-0.39, 0.29) is 11.7 Å². The van der Waals surface area contributed by atoms with Crippen molar-refractivity contribution >= 4 is 10.8 Å². The molecule has 5 nitrogen and oxygen atoms in total. The van der Waals surface area contributed by atoms with Crippen LogP contribution >= 0.6 is 0 Å². The maximum absolute atomic E-state index is 11.9. The highest BCUT2D eigenvalue weighted by Crippen LogP contribution is 2.33. The van der Waals surface area contributed by atoms with Crippen LogP contribution in [0.1, 0.15) is 33.1 Å². The molecule has 1 aromatic carbocycles. The van der Waals surface area contributed by atoms with Gasteiger partial charge in [-0.3, -0.25) is 4.79 Å². The third-order valence-corrected chi connectivity index (χ3v) is 4.91. The van der Waals surface area contributed by atoms with Crippen LogP contribution in [0.15, 0.2) is 29.2 Å². The third kappa shape index (κ3) is 4.34. The Hall–Kier alpha value is -2.01. The molecule has 2 heterocycles. The molecule has 0 bridgehead atoms. The van der Waals surface area contributed by atoms with Gasteiger partial charge in [0.25, 0.3) is 5.56 Å². The number of H-pyrrole nitrogens is 1. The Bertz CT molecular complexity index is 761. The number of aromatic amines is 1. The van der Waals surface area contributed by atoms with Crippen LogP contribution in [0.2, 0.25) is 0 Å². The van der Waals surface area contributed by atoms with Crippen molar-refractivity contribution in [2.75, 3.05) is 26.7 Å². The second kappa shape index (κ2) is 7.91. The molecule has 0 unspecified atom stereocenters. The molecule has 25 heavy (non-hydrogen) atoms. The Morgan fingerprint density at radius 2 is 2.00 bits per heavy atom. The third-order valence-electron chi connectivity index (χ3n) is 4.91. The average Bonchev–Trinajstić information content (AvgIpc) is 2.61. The van der Waals surface area contributed by atoms with Crippen molar-refractivity contribution < 1.29 is 9.47 Å². The summed E-state index contributed by atoms with van der Waals surface area (Å²) in [6.45, 7) is 7.87. The Morgan fingerprint density at radius 3 is 2.68 bits per heavy atom. The van der Waals surface area contributed by atoms with Crippen molar-refractivity contribution in [1.82, 2.24) is 9.88 Å². The number of ether oxygens (including phenoxy) is 2. The topological polar surface area (TPSA) is 54.6 Å². The zero-order chi connectivity index (χ0) is 17.8. The van der Waals surface area contributed by atoms with E-state index in [9.17, 15) is 4.79 Å². The molecule has 1 N–H and O–H groups in total. The van der Waals surface area contributed by atoms with Crippen molar-refractivity contribution in [1.29, 1.82) is 0 Å². The number of rotatable bonds is 6. The van der Waals surface area contributed by atoms with Crippen LogP contribution in [0.4, 0.5) is 0 Å². The number of hydrogen-bond acceptors (Lipinski definition) is 4. The molecule has 1 aliphatic rings.